The molecule has 0 spiro atoms. The Kier molecular flexibility index (Phi) is 4.84. The molecule has 0 fully saturated rings. The third-order valence-corrected chi connectivity index (χ3v) is 8.54. The van der Waals surface area contributed by atoms with Crippen LogP contribution in [0.2, 0.25) is 18.1 Å². The number of ether oxygens (including phenoxy) is 1. The van der Waals surface area contributed by atoms with E-state index in [0.29, 0.717) is 0 Å². The van der Waals surface area contributed by atoms with E-state index in [1.807, 2.05) is 6.26 Å². The number of allylic oxidation sites excluding steroid dienone is 1. The number of hydrogen-bond acceptors (Lipinski definition) is 2. The van der Waals surface area contributed by atoms with Gasteiger partial charge in [0.1, 0.15) is 6.10 Å². The first-order chi connectivity index (χ1) is 7.78. The van der Waals surface area contributed by atoms with Crippen LogP contribution in [0, 0.1) is 0 Å². The molecular weight excluding hydrogens is 228 g/mol. The van der Waals surface area contributed by atoms with E-state index in [9.17, 15) is 0 Å². The molecule has 0 radical (unpaired) electrons. The fraction of sp³-hybridized carbons (Fsp3) is 0.857. The summed E-state index contributed by atoms with van der Waals surface area (Å²) in [4.78, 5) is 0. The van der Waals surface area contributed by atoms with E-state index in [1.54, 1.807) is 0 Å². The van der Waals surface area contributed by atoms with E-state index in [4.69, 9.17) is 9.16 Å². The van der Waals surface area contributed by atoms with Crippen LogP contribution in [-0.2, 0) is 9.16 Å². The van der Waals surface area contributed by atoms with Gasteiger partial charge in [-0.25, -0.2) is 0 Å². The molecule has 0 aromatic heterocycles. The molecule has 1 heterocycles. The van der Waals surface area contributed by atoms with Crippen LogP contribution in [0.15, 0.2) is 12.3 Å². The van der Waals surface area contributed by atoms with Gasteiger partial charge in [0.15, 0.2) is 8.32 Å². The van der Waals surface area contributed by atoms with Crippen LogP contribution in [0.25, 0.3) is 0 Å². The molecule has 0 amide bonds. The zero-order valence-corrected chi connectivity index (χ0v) is 13.2. The molecule has 0 aromatic carbocycles. The topological polar surface area (TPSA) is 18.5 Å². The Hall–Kier alpha value is -0.283. The monoisotopic (exact) mass is 256 g/mol. The third-order valence-electron chi connectivity index (χ3n) is 4.04. The van der Waals surface area contributed by atoms with Crippen molar-refractivity contribution < 1.29 is 9.16 Å². The highest BCUT2D eigenvalue weighted by Gasteiger charge is 2.40. The Morgan fingerprint density at radius 1 is 1.41 bits per heavy atom. The van der Waals surface area contributed by atoms with Gasteiger partial charge in [-0.2, -0.15) is 0 Å². The SMILES string of the molecule is CC[C@@H](O[Si](C)(C)C(C)(C)C)[C@@H]1CCC=CO1. The van der Waals surface area contributed by atoms with Crippen molar-refractivity contribution in [3.05, 3.63) is 12.3 Å². The van der Waals surface area contributed by atoms with Crippen molar-refractivity contribution in [3.8, 4) is 0 Å². The summed E-state index contributed by atoms with van der Waals surface area (Å²) in [6.45, 7) is 13.7. The predicted octanol–water partition coefficient (Wildman–Crippen LogP) is 4.48. The molecule has 100 valence electrons. The molecule has 3 heteroatoms. The van der Waals surface area contributed by atoms with Crippen molar-refractivity contribution in [1.29, 1.82) is 0 Å². The molecule has 0 aliphatic carbocycles. The zero-order valence-electron chi connectivity index (χ0n) is 12.2. The van der Waals surface area contributed by atoms with Gasteiger partial charge in [-0.1, -0.05) is 27.7 Å². The van der Waals surface area contributed by atoms with E-state index >= 15 is 0 Å². The van der Waals surface area contributed by atoms with Gasteiger partial charge in [0, 0.05) is 0 Å². The van der Waals surface area contributed by atoms with Gasteiger partial charge < -0.3 is 9.16 Å². The minimum atomic E-state index is -1.68. The summed E-state index contributed by atoms with van der Waals surface area (Å²) in [5.74, 6) is 0. The summed E-state index contributed by atoms with van der Waals surface area (Å²) in [5, 5.41) is 0.269. The molecule has 2 nitrogen and oxygen atoms in total. The Morgan fingerprint density at radius 2 is 2.06 bits per heavy atom. The Balaban J connectivity index is 2.66. The van der Waals surface area contributed by atoms with Crippen LogP contribution in [0.1, 0.15) is 47.0 Å². The minimum Gasteiger partial charge on any atom is -0.496 e. The highest BCUT2D eigenvalue weighted by atomic mass is 28.4. The van der Waals surface area contributed by atoms with Gasteiger partial charge in [0.05, 0.1) is 12.4 Å². The van der Waals surface area contributed by atoms with E-state index in [1.165, 1.54) is 0 Å². The summed E-state index contributed by atoms with van der Waals surface area (Å²) in [6, 6.07) is 0. The van der Waals surface area contributed by atoms with Crippen LogP contribution < -0.4 is 0 Å². The normalized spacial score (nSPS) is 23.3. The zero-order chi connectivity index (χ0) is 13.1. The molecule has 0 saturated heterocycles. The average molecular weight is 256 g/mol. The Labute approximate surface area is 108 Å². The summed E-state index contributed by atoms with van der Waals surface area (Å²) < 4.78 is 12.2. The lowest BCUT2D eigenvalue weighted by molar-refractivity contribution is 0.00390. The smallest absolute Gasteiger partial charge is 0.192 e. The van der Waals surface area contributed by atoms with E-state index < -0.39 is 8.32 Å². The van der Waals surface area contributed by atoms with Gasteiger partial charge in [0.2, 0.25) is 0 Å². The Morgan fingerprint density at radius 3 is 2.47 bits per heavy atom. The van der Waals surface area contributed by atoms with Gasteiger partial charge in [-0.3, -0.25) is 0 Å². The predicted molar refractivity (Wildman–Crippen MR) is 75.6 cm³/mol. The first-order valence-electron chi connectivity index (χ1n) is 6.76. The van der Waals surface area contributed by atoms with Crippen molar-refractivity contribution in [2.45, 2.75) is 77.3 Å². The second-order valence-corrected chi connectivity index (χ2v) is 11.2. The second-order valence-electron chi connectivity index (χ2n) is 6.45. The molecule has 2 atom stereocenters. The maximum atomic E-state index is 6.47. The van der Waals surface area contributed by atoms with Crippen LogP contribution in [0.5, 0.6) is 0 Å². The van der Waals surface area contributed by atoms with E-state index in [0.717, 1.165) is 19.3 Å². The lowest BCUT2D eigenvalue weighted by Crippen LogP contribution is -2.47. The molecule has 0 aromatic rings. The summed E-state index contributed by atoms with van der Waals surface area (Å²) in [7, 11) is -1.68. The molecular formula is C14H28O2Si. The van der Waals surface area contributed by atoms with E-state index in [2.05, 4.69) is 46.9 Å². The molecule has 1 aliphatic heterocycles. The molecule has 0 saturated carbocycles. The summed E-state index contributed by atoms with van der Waals surface area (Å²) in [5.41, 5.74) is 0. The maximum absolute atomic E-state index is 6.47. The third kappa shape index (κ3) is 3.85. The highest BCUT2D eigenvalue weighted by Crippen LogP contribution is 2.38. The second kappa shape index (κ2) is 5.57. The summed E-state index contributed by atoms with van der Waals surface area (Å²) >= 11 is 0. The van der Waals surface area contributed by atoms with Crippen molar-refractivity contribution >= 4 is 8.32 Å². The average Bonchev–Trinajstić information content (AvgIpc) is 2.25. The number of hydrogen-bond donors (Lipinski definition) is 0. The lowest BCUT2D eigenvalue weighted by Gasteiger charge is -2.41. The van der Waals surface area contributed by atoms with Crippen molar-refractivity contribution in [2.75, 3.05) is 0 Å². The van der Waals surface area contributed by atoms with Gasteiger partial charge in [-0.05, 0) is 43.5 Å². The fourth-order valence-electron chi connectivity index (χ4n) is 1.80. The van der Waals surface area contributed by atoms with Crippen LogP contribution >= 0.6 is 0 Å². The summed E-state index contributed by atoms with van der Waals surface area (Å²) in [6.07, 6.45) is 7.66. The van der Waals surface area contributed by atoms with Crippen LogP contribution in [-0.4, -0.2) is 20.5 Å². The fourth-order valence-corrected chi connectivity index (χ4v) is 3.23. The Bertz CT molecular complexity index is 266. The largest absolute Gasteiger partial charge is 0.496 e. The quantitative estimate of drug-likeness (QED) is 0.690. The molecule has 0 N–H and O–H groups in total. The molecule has 1 aliphatic rings. The highest BCUT2D eigenvalue weighted by molar-refractivity contribution is 6.74. The first kappa shape index (κ1) is 14.8. The van der Waals surface area contributed by atoms with Gasteiger partial charge in [0.25, 0.3) is 0 Å². The van der Waals surface area contributed by atoms with E-state index in [-0.39, 0.29) is 17.2 Å². The van der Waals surface area contributed by atoms with Crippen LogP contribution in [0.3, 0.4) is 0 Å². The van der Waals surface area contributed by atoms with Crippen molar-refractivity contribution in [1.82, 2.24) is 0 Å². The number of rotatable bonds is 4. The van der Waals surface area contributed by atoms with Crippen LogP contribution in [0.4, 0.5) is 0 Å². The molecule has 0 unspecified atom stereocenters. The standard InChI is InChI=1S/C14H28O2Si/c1-7-12(13-10-8-9-11-15-13)16-17(5,6)14(2,3)4/h9,11-13H,7-8,10H2,1-6H3/t12-,13+/m1/s1. The minimum absolute atomic E-state index is 0.249. The van der Waals surface area contributed by atoms with Crippen molar-refractivity contribution in [2.24, 2.45) is 0 Å². The van der Waals surface area contributed by atoms with Gasteiger partial charge in [-0.15, -0.1) is 0 Å². The first-order valence-corrected chi connectivity index (χ1v) is 9.67. The lowest BCUT2D eigenvalue weighted by atomic mass is 10.1. The molecule has 0 bridgehead atoms. The molecule has 17 heavy (non-hydrogen) atoms. The van der Waals surface area contributed by atoms with Crippen molar-refractivity contribution in [3.63, 3.8) is 0 Å². The maximum Gasteiger partial charge on any atom is 0.192 e. The van der Waals surface area contributed by atoms with Gasteiger partial charge >= 0.3 is 0 Å². The molecule has 1 rings (SSSR count).